The van der Waals surface area contributed by atoms with E-state index >= 15 is 0 Å². The van der Waals surface area contributed by atoms with Crippen LogP contribution in [0.5, 0.6) is 0 Å². The highest BCUT2D eigenvalue weighted by Gasteiger charge is 2.31. The van der Waals surface area contributed by atoms with E-state index in [-0.39, 0.29) is 5.41 Å². The highest BCUT2D eigenvalue weighted by Crippen LogP contribution is 2.31. The van der Waals surface area contributed by atoms with Crippen LogP contribution in [0, 0.1) is 15.5 Å². The van der Waals surface area contributed by atoms with E-state index in [2.05, 4.69) is 4.84 Å². The largest absolute Gasteiger partial charge is 0.308 e. The minimum Gasteiger partial charge on any atom is -0.308 e. The fraction of sp³-hybridized carbons (Fsp3) is 1.00. The molecule has 0 heterocycles. The highest BCUT2D eigenvalue weighted by molar-refractivity contribution is 4.78. The number of rotatable bonds is 4. The molecule has 4 heteroatoms. The predicted octanol–water partition coefficient (Wildman–Crippen LogP) is 2.80. The first kappa shape index (κ1) is 12.2. The SMILES string of the molecule is CCC(C)(CC(C)(C)C)O[N+](=O)[O-]. The summed E-state index contributed by atoms with van der Waals surface area (Å²) in [6, 6.07) is 0. The highest BCUT2D eigenvalue weighted by atomic mass is 17.0. The lowest BCUT2D eigenvalue weighted by Gasteiger charge is -2.32. The molecule has 0 rings (SSSR count). The first-order valence-corrected chi connectivity index (χ1v) is 4.52. The molecule has 0 aromatic rings. The molecule has 0 radical (unpaired) electrons. The Bertz CT molecular complexity index is 186. The quantitative estimate of drug-likeness (QED) is 0.504. The van der Waals surface area contributed by atoms with Crippen LogP contribution in [0.1, 0.15) is 47.5 Å². The molecular formula is C9H19NO3. The Morgan fingerprint density at radius 3 is 2.00 bits per heavy atom. The van der Waals surface area contributed by atoms with E-state index in [9.17, 15) is 10.1 Å². The van der Waals surface area contributed by atoms with E-state index in [1.807, 2.05) is 27.7 Å². The molecule has 0 saturated carbocycles. The van der Waals surface area contributed by atoms with Crippen LogP contribution in [0.25, 0.3) is 0 Å². The van der Waals surface area contributed by atoms with Crippen LogP contribution in [0.15, 0.2) is 0 Å². The number of hydrogen-bond donors (Lipinski definition) is 0. The summed E-state index contributed by atoms with van der Waals surface area (Å²) in [5.41, 5.74) is -0.609. The van der Waals surface area contributed by atoms with Crippen molar-refractivity contribution >= 4 is 0 Å². The van der Waals surface area contributed by atoms with Crippen LogP contribution in [0.3, 0.4) is 0 Å². The summed E-state index contributed by atoms with van der Waals surface area (Å²) in [4.78, 5) is 14.9. The first-order valence-electron chi connectivity index (χ1n) is 4.52. The van der Waals surface area contributed by atoms with Gasteiger partial charge in [0.25, 0.3) is 5.09 Å². The molecular weight excluding hydrogens is 170 g/mol. The Labute approximate surface area is 79.4 Å². The molecule has 0 aliphatic carbocycles. The average molecular weight is 189 g/mol. The molecule has 0 N–H and O–H groups in total. The second kappa shape index (κ2) is 3.94. The van der Waals surface area contributed by atoms with E-state index in [4.69, 9.17) is 0 Å². The van der Waals surface area contributed by atoms with Gasteiger partial charge in [-0.2, -0.15) is 0 Å². The lowest BCUT2D eigenvalue weighted by atomic mass is 9.81. The van der Waals surface area contributed by atoms with Crippen molar-refractivity contribution in [3.63, 3.8) is 0 Å². The molecule has 0 amide bonds. The van der Waals surface area contributed by atoms with Gasteiger partial charge in [0.15, 0.2) is 0 Å². The average Bonchev–Trinajstić information content (AvgIpc) is 1.81. The molecule has 0 aromatic heterocycles. The number of nitrogens with zero attached hydrogens (tertiary/aromatic N) is 1. The molecule has 0 aromatic carbocycles. The third kappa shape index (κ3) is 5.44. The minimum absolute atomic E-state index is 0.0424. The zero-order valence-electron chi connectivity index (χ0n) is 9.09. The van der Waals surface area contributed by atoms with Gasteiger partial charge in [-0.1, -0.05) is 27.7 Å². The van der Waals surface area contributed by atoms with E-state index < -0.39 is 10.7 Å². The predicted molar refractivity (Wildman–Crippen MR) is 50.8 cm³/mol. The molecule has 0 fully saturated rings. The molecule has 1 atom stereocenters. The van der Waals surface area contributed by atoms with Crippen molar-refractivity contribution in [1.82, 2.24) is 0 Å². The maximum absolute atomic E-state index is 10.2. The first-order chi connectivity index (χ1) is 5.68. The second-order valence-electron chi connectivity index (χ2n) is 4.86. The van der Waals surface area contributed by atoms with Gasteiger partial charge in [-0.15, -0.1) is 10.1 Å². The van der Waals surface area contributed by atoms with Crippen molar-refractivity contribution in [3.8, 4) is 0 Å². The second-order valence-corrected chi connectivity index (χ2v) is 4.86. The number of hydrogen-bond acceptors (Lipinski definition) is 3. The third-order valence-corrected chi connectivity index (χ3v) is 1.95. The van der Waals surface area contributed by atoms with Crippen molar-refractivity contribution in [2.24, 2.45) is 5.41 Å². The molecule has 0 saturated heterocycles. The van der Waals surface area contributed by atoms with Gasteiger partial charge in [0.05, 0.1) is 0 Å². The van der Waals surface area contributed by atoms with Crippen molar-refractivity contribution in [1.29, 1.82) is 0 Å². The summed E-state index contributed by atoms with van der Waals surface area (Å²) in [7, 11) is 0. The zero-order chi connectivity index (χ0) is 10.7. The summed E-state index contributed by atoms with van der Waals surface area (Å²) in [5.74, 6) is 0. The lowest BCUT2D eigenvalue weighted by Crippen LogP contribution is -2.35. The third-order valence-electron chi connectivity index (χ3n) is 1.95. The monoisotopic (exact) mass is 189 g/mol. The van der Waals surface area contributed by atoms with Crippen molar-refractivity contribution in [3.05, 3.63) is 10.1 Å². The molecule has 0 aliphatic rings. The fourth-order valence-electron chi connectivity index (χ4n) is 1.52. The van der Waals surface area contributed by atoms with E-state index in [1.165, 1.54) is 0 Å². The minimum atomic E-state index is -0.699. The molecule has 1 unspecified atom stereocenters. The summed E-state index contributed by atoms with van der Waals surface area (Å²) >= 11 is 0. The van der Waals surface area contributed by atoms with E-state index in [0.717, 1.165) is 0 Å². The molecule has 0 bridgehead atoms. The van der Waals surface area contributed by atoms with Gasteiger partial charge in [-0.25, -0.2) is 0 Å². The normalized spacial score (nSPS) is 16.4. The van der Waals surface area contributed by atoms with Crippen LogP contribution < -0.4 is 0 Å². The van der Waals surface area contributed by atoms with Crippen LogP contribution in [0.2, 0.25) is 0 Å². The maximum atomic E-state index is 10.2. The van der Waals surface area contributed by atoms with Crippen LogP contribution in [0.4, 0.5) is 0 Å². The van der Waals surface area contributed by atoms with Crippen LogP contribution in [-0.2, 0) is 4.84 Å². The van der Waals surface area contributed by atoms with Gasteiger partial charge in [-0.05, 0) is 25.2 Å². The Morgan fingerprint density at radius 1 is 1.31 bits per heavy atom. The van der Waals surface area contributed by atoms with Crippen molar-refractivity contribution in [2.75, 3.05) is 0 Å². The Hall–Kier alpha value is -0.800. The van der Waals surface area contributed by atoms with Gasteiger partial charge >= 0.3 is 0 Å². The Morgan fingerprint density at radius 2 is 1.77 bits per heavy atom. The standard InChI is InChI=1S/C9H19NO3/c1-6-9(5,13-10(11)12)7-8(2,3)4/h6-7H2,1-5H3. The zero-order valence-corrected chi connectivity index (χ0v) is 9.09. The van der Waals surface area contributed by atoms with Gasteiger partial charge in [-0.3, -0.25) is 0 Å². The molecule has 78 valence electrons. The summed E-state index contributed by atoms with van der Waals surface area (Å²) in [6.45, 7) is 9.81. The van der Waals surface area contributed by atoms with E-state index in [0.29, 0.717) is 12.8 Å². The summed E-state index contributed by atoms with van der Waals surface area (Å²) in [5, 5.41) is 9.54. The van der Waals surface area contributed by atoms with Crippen LogP contribution >= 0.6 is 0 Å². The van der Waals surface area contributed by atoms with Gasteiger partial charge < -0.3 is 4.84 Å². The fourth-order valence-corrected chi connectivity index (χ4v) is 1.52. The lowest BCUT2D eigenvalue weighted by molar-refractivity contribution is -0.781. The van der Waals surface area contributed by atoms with Gasteiger partial charge in [0.2, 0.25) is 0 Å². The van der Waals surface area contributed by atoms with Crippen LogP contribution in [-0.4, -0.2) is 10.7 Å². The van der Waals surface area contributed by atoms with Crippen molar-refractivity contribution < 1.29 is 9.92 Å². The smallest absolute Gasteiger partial charge is 0.295 e. The molecule has 13 heavy (non-hydrogen) atoms. The maximum Gasteiger partial charge on any atom is 0.295 e. The summed E-state index contributed by atoms with van der Waals surface area (Å²) in [6.07, 6.45) is 1.32. The Balaban J connectivity index is 4.36. The summed E-state index contributed by atoms with van der Waals surface area (Å²) < 4.78 is 0. The molecule has 0 spiro atoms. The van der Waals surface area contributed by atoms with Crippen molar-refractivity contribution in [2.45, 2.75) is 53.1 Å². The van der Waals surface area contributed by atoms with Gasteiger partial charge in [0.1, 0.15) is 5.60 Å². The topological polar surface area (TPSA) is 52.4 Å². The van der Waals surface area contributed by atoms with E-state index in [1.54, 1.807) is 6.92 Å². The molecule has 0 aliphatic heterocycles. The van der Waals surface area contributed by atoms with Gasteiger partial charge in [0, 0.05) is 0 Å². The Kier molecular flexibility index (Phi) is 3.70. The molecule has 4 nitrogen and oxygen atoms in total.